The minimum Gasteiger partial charge on any atom is -0.378 e. The zero-order chi connectivity index (χ0) is 25.4. The van der Waals surface area contributed by atoms with Crippen LogP contribution < -0.4 is 15.1 Å². The van der Waals surface area contributed by atoms with Gasteiger partial charge in [-0.3, -0.25) is 4.98 Å². The van der Waals surface area contributed by atoms with Gasteiger partial charge in [0.2, 0.25) is 0 Å². The molecule has 2 aromatic carbocycles. The number of nitrogens with one attached hydrogen (secondary N) is 1. The molecule has 0 saturated carbocycles. The number of thiocarbonyl (C=S) groups is 1. The van der Waals surface area contributed by atoms with Crippen molar-refractivity contribution in [2.24, 2.45) is 0 Å². The molecule has 188 valence electrons. The number of pyridine rings is 1. The van der Waals surface area contributed by atoms with E-state index in [-0.39, 0.29) is 12.1 Å². The zero-order valence-corrected chi connectivity index (χ0v) is 22.3. The zero-order valence-electron chi connectivity index (χ0n) is 19.9. The van der Waals surface area contributed by atoms with Crippen LogP contribution in [-0.4, -0.2) is 41.0 Å². The SMILES string of the molecule is S=C1N[C@@H](c2ccccn2)[C@@H](c2cccn2-c2ccc(Cl)cc2Cl)N1c1ccc(N2CCOCC2)cc1. The first-order chi connectivity index (χ1) is 18.1. The minimum atomic E-state index is -0.168. The Hall–Kier alpha value is -3.10. The lowest BCUT2D eigenvalue weighted by atomic mass is 10.0. The maximum atomic E-state index is 6.64. The van der Waals surface area contributed by atoms with Crippen LogP contribution in [0.25, 0.3) is 5.69 Å². The van der Waals surface area contributed by atoms with Crippen molar-refractivity contribution >= 4 is 51.9 Å². The molecule has 37 heavy (non-hydrogen) atoms. The van der Waals surface area contributed by atoms with Crippen LogP contribution in [0.4, 0.5) is 11.4 Å². The van der Waals surface area contributed by atoms with Crippen LogP contribution in [0.1, 0.15) is 23.5 Å². The average Bonchev–Trinajstić information content (AvgIpc) is 3.54. The first-order valence-corrected chi connectivity index (χ1v) is 13.3. The van der Waals surface area contributed by atoms with Crippen LogP contribution in [0.15, 0.2) is 85.2 Å². The molecule has 2 aromatic heterocycles. The second kappa shape index (κ2) is 10.3. The first kappa shape index (κ1) is 24.2. The van der Waals surface area contributed by atoms with Crippen LogP contribution in [-0.2, 0) is 4.74 Å². The predicted octanol–water partition coefficient (Wildman–Crippen LogP) is 6.19. The smallest absolute Gasteiger partial charge is 0.174 e. The number of morpholine rings is 1. The van der Waals surface area contributed by atoms with E-state index < -0.39 is 0 Å². The average molecular weight is 551 g/mol. The van der Waals surface area contributed by atoms with E-state index in [2.05, 4.69) is 55.0 Å². The van der Waals surface area contributed by atoms with Crippen LogP contribution in [0.2, 0.25) is 10.0 Å². The van der Waals surface area contributed by atoms with Crippen molar-refractivity contribution in [1.29, 1.82) is 0 Å². The molecule has 2 atom stereocenters. The van der Waals surface area contributed by atoms with Crippen molar-refractivity contribution in [3.05, 3.63) is 107 Å². The Morgan fingerprint density at radius 3 is 2.43 bits per heavy atom. The third kappa shape index (κ3) is 4.68. The van der Waals surface area contributed by atoms with E-state index in [9.17, 15) is 0 Å². The molecule has 6 rings (SSSR count). The summed E-state index contributed by atoms with van der Waals surface area (Å²) in [6.07, 6.45) is 3.83. The monoisotopic (exact) mass is 549 g/mol. The second-order valence-corrected chi connectivity index (χ2v) is 10.2. The highest BCUT2D eigenvalue weighted by atomic mass is 35.5. The number of anilines is 2. The molecular formula is C28H25Cl2N5OS. The molecule has 0 unspecified atom stereocenters. The molecular weight excluding hydrogens is 525 g/mol. The molecule has 0 radical (unpaired) electrons. The molecule has 2 aliphatic heterocycles. The summed E-state index contributed by atoms with van der Waals surface area (Å²) in [5.41, 5.74) is 4.99. The number of hydrogen-bond acceptors (Lipinski definition) is 4. The van der Waals surface area contributed by atoms with E-state index >= 15 is 0 Å². The predicted molar refractivity (Wildman–Crippen MR) is 153 cm³/mol. The summed E-state index contributed by atoms with van der Waals surface area (Å²) in [5, 5.41) is 5.36. The summed E-state index contributed by atoms with van der Waals surface area (Å²) < 4.78 is 7.61. The van der Waals surface area contributed by atoms with Gasteiger partial charge < -0.3 is 24.4 Å². The highest BCUT2D eigenvalue weighted by Crippen LogP contribution is 2.43. The first-order valence-electron chi connectivity index (χ1n) is 12.2. The van der Waals surface area contributed by atoms with Gasteiger partial charge in [0.15, 0.2) is 5.11 Å². The van der Waals surface area contributed by atoms with E-state index in [4.69, 9.17) is 40.2 Å². The van der Waals surface area contributed by atoms with E-state index in [1.165, 1.54) is 5.69 Å². The third-order valence-corrected chi connectivity index (χ3v) is 7.71. The van der Waals surface area contributed by atoms with Crippen molar-refractivity contribution in [3.8, 4) is 5.69 Å². The number of rotatable bonds is 5. The normalized spacial score (nSPS) is 19.8. The summed E-state index contributed by atoms with van der Waals surface area (Å²) in [7, 11) is 0. The molecule has 4 heterocycles. The maximum absolute atomic E-state index is 6.64. The van der Waals surface area contributed by atoms with Gasteiger partial charge in [-0.05, 0) is 78.9 Å². The Balaban J connectivity index is 1.43. The van der Waals surface area contributed by atoms with E-state index in [0.29, 0.717) is 15.2 Å². The van der Waals surface area contributed by atoms with E-state index in [1.54, 1.807) is 6.07 Å². The van der Waals surface area contributed by atoms with Crippen LogP contribution >= 0.6 is 35.4 Å². The Morgan fingerprint density at radius 1 is 0.919 bits per heavy atom. The fourth-order valence-electron chi connectivity index (χ4n) is 5.11. The maximum Gasteiger partial charge on any atom is 0.174 e. The largest absolute Gasteiger partial charge is 0.378 e. The molecule has 2 fully saturated rings. The van der Waals surface area contributed by atoms with Crippen LogP contribution in [0.5, 0.6) is 0 Å². The van der Waals surface area contributed by atoms with E-state index in [1.807, 2.05) is 48.8 Å². The number of halogens is 2. The third-order valence-electron chi connectivity index (χ3n) is 6.85. The van der Waals surface area contributed by atoms with Crippen molar-refractivity contribution in [2.45, 2.75) is 12.1 Å². The molecule has 2 saturated heterocycles. The summed E-state index contributed by atoms with van der Waals surface area (Å²) >= 11 is 18.8. The van der Waals surface area contributed by atoms with Gasteiger partial charge in [-0.1, -0.05) is 29.3 Å². The van der Waals surface area contributed by atoms with E-state index in [0.717, 1.165) is 49.1 Å². The summed E-state index contributed by atoms with van der Waals surface area (Å²) in [6.45, 7) is 3.28. The highest BCUT2D eigenvalue weighted by Gasteiger charge is 2.42. The number of benzene rings is 2. The van der Waals surface area contributed by atoms with Crippen LogP contribution in [0.3, 0.4) is 0 Å². The fourth-order valence-corrected chi connectivity index (χ4v) is 5.96. The van der Waals surface area contributed by atoms with Gasteiger partial charge in [0.1, 0.15) is 6.04 Å². The topological polar surface area (TPSA) is 45.6 Å². The number of hydrogen-bond donors (Lipinski definition) is 1. The van der Waals surface area contributed by atoms with Gasteiger partial charge in [-0.2, -0.15) is 0 Å². The number of nitrogens with zero attached hydrogens (tertiary/aromatic N) is 4. The molecule has 6 nitrogen and oxygen atoms in total. The van der Waals surface area contributed by atoms with Crippen molar-refractivity contribution in [3.63, 3.8) is 0 Å². The number of aromatic nitrogens is 2. The van der Waals surface area contributed by atoms with Crippen molar-refractivity contribution in [1.82, 2.24) is 14.9 Å². The van der Waals surface area contributed by atoms with Gasteiger partial charge >= 0.3 is 0 Å². The molecule has 4 aromatic rings. The lowest BCUT2D eigenvalue weighted by molar-refractivity contribution is 0.122. The van der Waals surface area contributed by atoms with Gasteiger partial charge in [-0.15, -0.1) is 0 Å². The second-order valence-electron chi connectivity index (χ2n) is 9.01. The number of ether oxygens (including phenoxy) is 1. The summed E-state index contributed by atoms with van der Waals surface area (Å²) in [6, 6.07) is 23.9. The summed E-state index contributed by atoms with van der Waals surface area (Å²) in [5.74, 6) is 0. The van der Waals surface area contributed by atoms with Crippen LogP contribution in [0, 0.1) is 0 Å². The van der Waals surface area contributed by atoms with Gasteiger partial charge in [0.25, 0.3) is 0 Å². The minimum absolute atomic E-state index is 0.160. The highest BCUT2D eigenvalue weighted by molar-refractivity contribution is 7.80. The van der Waals surface area contributed by atoms with Gasteiger partial charge in [0.05, 0.1) is 35.7 Å². The molecule has 0 bridgehead atoms. The fraction of sp³-hybridized carbons (Fsp3) is 0.214. The lowest BCUT2D eigenvalue weighted by Gasteiger charge is -2.31. The standard InChI is InChI=1S/C28H25Cl2N5OS/c29-19-6-11-24(22(30)18-19)34-13-3-5-25(34)27-26(23-4-1-2-12-31-23)32-28(37)35(27)21-9-7-20(8-10-21)33-14-16-36-17-15-33/h1-13,18,26-27H,14-17H2,(H,32,37)/t26-,27+/m0/s1. The quantitative estimate of drug-likeness (QED) is 0.299. The molecule has 1 N–H and O–H groups in total. The molecule has 2 aliphatic rings. The lowest BCUT2D eigenvalue weighted by Crippen LogP contribution is -2.36. The molecule has 0 spiro atoms. The molecule has 9 heteroatoms. The van der Waals surface area contributed by atoms with Crippen molar-refractivity contribution < 1.29 is 4.74 Å². The Labute approximate surface area is 231 Å². The Morgan fingerprint density at radius 2 is 1.70 bits per heavy atom. The Kier molecular flexibility index (Phi) is 6.78. The molecule has 0 amide bonds. The van der Waals surface area contributed by atoms with Gasteiger partial charge in [0, 0.05) is 47.6 Å². The van der Waals surface area contributed by atoms with Gasteiger partial charge in [-0.25, -0.2) is 0 Å². The summed E-state index contributed by atoms with van der Waals surface area (Å²) in [4.78, 5) is 9.19. The molecule has 0 aliphatic carbocycles. The Bertz CT molecular complexity index is 1410. The van der Waals surface area contributed by atoms with Crippen molar-refractivity contribution in [2.75, 3.05) is 36.1 Å².